The number of amides is 2. The third-order valence-corrected chi connectivity index (χ3v) is 8.25. The number of carbonyl (C=O) groups excluding carboxylic acids is 2. The maximum atomic E-state index is 12.7. The summed E-state index contributed by atoms with van der Waals surface area (Å²) in [6.07, 6.45) is 0.974. The van der Waals surface area contributed by atoms with Gasteiger partial charge in [-0.15, -0.1) is 23.1 Å². The van der Waals surface area contributed by atoms with Gasteiger partial charge in [0, 0.05) is 11.1 Å². The number of carboxylic acids is 1. The van der Waals surface area contributed by atoms with Crippen LogP contribution in [0.2, 0.25) is 0 Å². The molecule has 1 saturated heterocycles. The van der Waals surface area contributed by atoms with Crippen LogP contribution < -0.4 is 16.8 Å². The van der Waals surface area contributed by atoms with Gasteiger partial charge in [-0.25, -0.2) is 18.2 Å². The number of aliphatic carboxylic acids is 1. The number of thioether (sulfide) groups is 1. The molecule has 17 heteroatoms. The van der Waals surface area contributed by atoms with E-state index in [-0.39, 0.29) is 34.4 Å². The second kappa shape index (κ2) is 9.75. The fourth-order valence-electron chi connectivity index (χ4n) is 3.22. The Hall–Kier alpha value is -3.18. The molecule has 3 heterocycles. The molecule has 0 saturated carbocycles. The number of nitrogens with two attached hydrogens (primary N) is 2. The van der Waals surface area contributed by atoms with Gasteiger partial charge < -0.3 is 27.1 Å². The van der Waals surface area contributed by atoms with Crippen LogP contribution in [0, 0.1) is 0 Å². The Morgan fingerprint density at radius 2 is 2.15 bits per heavy atom. The molecule has 2 atom stereocenters. The second-order valence-electron chi connectivity index (χ2n) is 6.79. The fourth-order valence-corrected chi connectivity index (χ4v) is 6.54. The third kappa shape index (κ3) is 5.09. The van der Waals surface area contributed by atoms with Crippen molar-refractivity contribution in [3.63, 3.8) is 0 Å². The molecule has 3 rings (SSSR count). The SMILES string of the molecule is NC=NCCS(=O)(=O)CC1=C(C(=O)O)N2C(=O)C(NC(=O)/C(=N\O)c3csc(N)n3)[C@H]2SC1. The molecule has 14 nitrogen and oxygen atoms in total. The number of hydrogen-bond donors (Lipinski definition) is 5. The van der Waals surface area contributed by atoms with Crippen molar-refractivity contribution in [2.75, 3.05) is 29.5 Å². The molecule has 1 fully saturated rings. The Kier molecular flexibility index (Phi) is 7.23. The van der Waals surface area contributed by atoms with Gasteiger partial charge in [0.2, 0.25) is 0 Å². The molecule has 1 aromatic rings. The Bertz CT molecular complexity index is 1170. The van der Waals surface area contributed by atoms with Gasteiger partial charge in [0.05, 0.1) is 24.4 Å². The van der Waals surface area contributed by atoms with Gasteiger partial charge in [-0.2, -0.15) is 0 Å². The molecular weight excluding hydrogens is 498 g/mol. The van der Waals surface area contributed by atoms with Gasteiger partial charge in [-0.05, 0) is 5.57 Å². The summed E-state index contributed by atoms with van der Waals surface area (Å²) in [7, 11) is -3.70. The molecule has 0 spiro atoms. The molecule has 0 radical (unpaired) electrons. The number of aliphatic imine (C=N–C) groups is 1. The standard InChI is InChI=1S/C16H19N7O7S3/c17-6-19-1-2-33(29,30)5-7-3-31-14-10(13(25)23(14)11(7)15(26)27)21-12(24)9(22-28)8-4-32-16(18)20-8/h4,6,10,14,28H,1-3,5H2,(H2,17,19)(H2,18,20)(H,21,24)(H,26,27)/b22-9-/t10?,14-/m1/s1. The van der Waals surface area contributed by atoms with Crippen LogP contribution in [0.25, 0.3) is 0 Å². The lowest BCUT2D eigenvalue weighted by Crippen LogP contribution is -2.71. The van der Waals surface area contributed by atoms with Crippen molar-refractivity contribution < 1.29 is 33.1 Å². The Morgan fingerprint density at radius 1 is 1.42 bits per heavy atom. The maximum Gasteiger partial charge on any atom is 0.352 e. The number of nitrogens with one attached hydrogen (secondary N) is 1. The summed E-state index contributed by atoms with van der Waals surface area (Å²) in [6.45, 7) is -0.0690. The number of sulfone groups is 1. The zero-order chi connectivity index (χ0) is 24.3. The van der Waals surface area contributed by atoms with E-state index >= 15 is 0 Å². The quantitative estimate of drug-likeness (QED) is 0.0793. The number of anilines is 1. The number of thiazole rings is 1. The first-order valence-corrected chi connectivity index (χ1v) is 12.9. The number of rotatable bonds is 9. The highest BCUT2D eigenvalue weighted by molar-refractivity contribution is 8.00. The van der Waals surface area contributed by atoms with E-state index in [1.165, 1.54) is 5.38 Å². The first kappa shape index (κ1) is 24.5. The van der Waals surface area contributed by atoms with E-state index < -0.39 is 56.2 Å². The lowest BCUT2D eigenvalue weighted by atomic mass is 10.0. The Balaban J connectivity index is 1.76. The normalized spacial score (nSPS) is 21.2. The van der Waals surface area contributed by atoms with E-state index in [0.717, 1.165) is 34.3 Å². The number of carbonyl (C=O) groups is 3. The van der Waals surface area contributed by atoms with Gasteiger partial charge >= 0.3 is 5.97 Å². The smallest absolute Gasteiger partial charge is 0.352 e. The number of aromatic nitrogens is 1. The lowest BCUT2D eigenvalue weighted by Gasteiger charge is -2.49. The molecule has 33 heavy (non-hydrogen) atoms. The average Bonchev–Trinajstić information content (AvgIpc) is 3.17. The first-order chi connectivity index (χ1) is 15.6. The van der Waals surface area contributed by atoms with Crippen LogP contribution in [0.15, 0.2) is 26.8 Å². The zero-order valence-electron chi connectivity index (χ0n) is 16.7. The summed E-state index contributed by atoms with van der Waals surface area (Å²) in [5, 5.41) is 24.9. The average molecular weight is 518 g/mol. The van der Waals surface area contributed by atoms with Crippen LogP contribution >= 0.6 is 23.1 Å². The highest BCUT2D eigenvalue weighted by Crippen LogP contribution is 2.40. The summed E-state index contributed by atoms with van der Waals surface area (Å²) < 4.78 is 24.6. The number of nitrogen functional groups attached to an aromatic ring is 1. The predicted octanol–water partition coefficient (Wildman–Crippen LogP) is -1.96. The summed E-state index contributed by atoms with van der Waals surface area (Å²) in [4.78, 5) is 45.5. The van der Waals surface area contributed by atoms with Crippen molar-refractivity contribution >= 4 is 67.9 Å². The molecule has 178 valence electrons. The number of β-lactam (4-membered cyclic amide) rings is 1. The summed E-state index contributed by atoms with van der Waals surface area (Å²) in [6, 6.07) is -1.11. The maximum absolute atomic E-state index is 12.7. The Morgan fingerprint density at radius 3 is 2.73 bits per heavy atom. The van der Waals surface area contributed by atoms with Crippen LogP contribution in [0.5, 0.6) is 0 Å². The van der Waals surface area contributed by atoms with Crippen molar-refractivity contribution in [1.82, 2.24) is 15.2 Å². The summed E-state index contributed by atoms with van der Waals surface area (Å²) in [5.74, 6) is -3.97. The van der Waals surface area contributed by atoms with Gasteiger partial charge in [0.15, 0.2) is 20.7 Å². The van der Waals surface area contributed by atoms with Crippen molar-refractivity contribution in [3.8, 4) is 0 Å². The summed E-state index contributed by atoms with van der Waals surface area (Å²) >= 11 is 2.12. The molecule has 2 aliphatic heterocycles. The van der Waals surface area contributed by atoms with E-state index in [9.17, 15) is 33.1 Å². The molecular formula is C16H19N7O7S3. The van der Waals surface area contributed by atoms with Crippen molar-refractivity contribution in [3.05, 3.63) is 22.3 Å². The number of nitrogens with zero attached hydrogens (tertiary/aromatic N) is 4. The lowest BCUT2D eigenvalue weighted by molar-refractivity contribution is -0.150. The molecule has 1 unspecified atom stereocenters. The van der Waals surface area contributed by atoms with Gasteiger partial charge in [-0.3, -0.25) is 19.5 Å². The van der Waals surface area contributed by atoms with E-state index in [1.807, 2.05) is 0 Å². The minimum Gasteiger partial charge on any atom is -0.477 e. The second-order valence-corrected chi connectivity index (χ2v) is 11.0. The number of fused-ring (bicyclic) bond motifs is 1. The zero-order valence-corrected chi connectivity index (χ0v) is 19.2. The third-order valence-electron chi connectivity index (χ3n) is 4.65. The van der Waals surface area contributed by atoms with Crippen LogP contribution in [-0.2, 0) is 24.2 Å². The highest BCUT2D eigenvalue weighted by atomic mass is 32.2. The van der Waals surface area contributed by atoms with Crippen LogP contribution in [0.4, 0.5) is 5.13 Å². The van der Waals surface area contributed by atoms with Crippen LogP contribution in [0.3, 0.4) is 0 Å². The first-order valence-electron chi connectivity index (χ1n) is 9.14. The molecule has 1 aromatic heterocycles. The fraction of sp³-hybridized carbons (Fsp3) is 0.375. The summed E-state index contributed by atoms with van der Waals surface area (Å²) in [5.41, 5.74) is 9.79. The van der Waals surface area contributed by atoms with Gasteiger partial charge in [0.1, 0.15) is 22.8 Å². The van der Waals surface area contributed by atoms with Crippen molar-refractivity contribution in [1.29, 1.82) is 0 Å². The van der Waals surface area contributed by atoms with Crippen LogP contribution in [-0.4, -0.2) is 93.7 Å². The van der Waals surface area contributed by atoms with E-state index in [2.05, 4.69) is 20.4 Å². The van der Waals surface area contributed by atoms with Gasteiger partial charge in [0.25, 0.3) is 11.8 Å². The van der Waals surface area contributed by atoms with Crippen LogP contribution in [0.1, 0.15) is 5.69 Å². The highest BCUT2D eigenvalue weighted by Gasteiger charge is 2.54. The van der Waals surface area contributed by atoms with E-state index in [0.29, 0.717) is 0 Å². The minimum absolute atomic E-state index is 0.00927. The molecule has 7 N–H and O–H groups in total. The minimum atomic E-state index is -3.70. The molecule has 0 bridgehead atoms. The van der Waals surface area contributed by atoms with Crippen molar-refractivity contribution in [2.45, 2.75) is 11.4 Å². The largest absolute Gasteiger partial charge is 0.477 e. The number of oxime groups is 1. The monoisotopic (exact) mass is 517 g/mol. The molecule has 0 aromatic carbocycles. The number of carboxylic acid groups (broad SMARTS) is 1. The molecule has 2 amide bonds. The van der Waals surface area contributed by atoms with Gasteiger partial charge in [-0.1, -0.05) is 5.16 Å². The topological polar surface area (TPSA) is 231 Å². The predicted molar refractivity (Wildman–Crippen MR) is 121 cm³/mol. The van der Waals surface area contributed by atoms with Crippen molar-refractivity contribution in [2.24, 2.45) is 15.9 Å². The molecule has 2 aliphatic rings. The van der Waals surface area contributed by atoms with E-state index in [4.69, 9.17) is 11.5 Å². The number of hydrogen-bond acceptors (Lipinski definition) is 12. The Labute approximate surface area is 195 Å². The molecule has 0 aliphatic carbocycles. The van der Waals surface area contributed by atoms with E-state index in [1.54, 1.807) is 0 Å².